The Balaban J connectivity index is 1.29. The highest BCUT2D eigenvalue weighted by atomic mass is 35.5. The van der Waals surface area contributed by atoms with Gasteiger partial charge in [0.05, 0.1) is 32.7 Å². The Labute approximate surface area is 264 Å². The quantitative estimate of drug-likeness (QED) is 0.0832. The van der Waals surface area contributed by atoms with Gasteiger partial charge in [-0.2, -0.15) is 20.1 Å². The molecule has 0 spiro atoms. The van der Waals surface area contributed by atoms with Gasteiger partial charge in [-0.15, -0.1) is 0 Å². The predicted octanol–water partition coefficient (Wildman–Crippen LogP) is 7.56. The Hall–Kier alpha value is -5.00. The van der Waals surface area contributed by atoms with E-state index in [1.54, 1.807) is 31.7 Å². The molecule has 0 unspecified atom stereocenters. The Bertz CT molecular complexity index is 1700. The van der Waals surface area contributed by atoms with Crippen LogP contribution >= 0.6 is 23.2 Å². The second kappa shape index (κ2) is 14.9. The van der Waals surface area contributed by atoms with Crippen molar-refractivity contribution in [1.82, 2.24) is 15.0 Å². The molecule has 5 rings (SSSR count). The van der Waals surface area contributed by atoms with E-state index in [1.165, 1.54) is 0 Å². The molecule has 0 radical (unpaired) electrons. The Morgan fingerprint density at radius 2 is 1.70 bits per heavy atom. The molecule has 0 saturated carbocycles. The number of furan rings is 1. The molecule has 226 valence electrons. The summed E-state index contributed by atoms with van der Waals surface area (Å²) in [6, 6.07) is 21.8. The molecule has 3 aromatic carbocycles. The van der Waals surface area contributed by atoms with Gasteiger partial charge in [0.25, 0.3) is 0 Å². The van der Waals surface area contributed by atoms with Crippen LogP contribution in [-0.4, -0.2) is 34.9 Å². The second-order valence-corrected chi connectivity index (χ2v) is 9.97. The van der Waals surface area contributed by atoms with Crippen LogP contribution in [0.5, 0.6) is 17.2 Å². The summed E-state index contributed by atoms with van der Waals surface area (Å²) in [6.45, 7) is 3.01. The van der Waals surface area contributed by atoms with Gasteiger partial charge in [-0.25, -0.2) is 5.43 Å². The Morgan fingerprint density at radius 1 is 0.886 bits per heavy atom. The second-order valence-electron chi connectivity index (χ2n) is 9.13. The number of nitrogens with zero attached hydrogens (tertiary/aromatic N) is 4. The average molecular weight is 635 g/mol. The highest BCUT2D eigenvalue weighted by molar-refractivity contribution is 6.35. The molecule has 0 aliphatic carbocycles. The van der Waals surface area contributed by atoms with Crippen molar-refractivity contribution in [3.05, 3.63) is 106 Å². The lowest BCUT2D eigenvalue weighted by molar-refractivity contribution is 0.269. The van der Waals surface area contributed by atoms with Gasteiger partial charge in [0.2, 0.25) is 17.8 Å². The van der Waals surface area contributed by atoms with Crippen molar-refractivity contribution < 1.29 is 18.6 Å². The van der Waals surface area contributed by atoms with Gasteiger partial charge in [-0.05, 0) is 79.2 Å². The van der Waals surface area contributed by atoms with E-state index >= 15 is 0 Å². The molecular weight excluding hydrogens is 605 g/mol. The van der Waals surface area contributed by atoms with Gasteiger partial charge in [0.15, 0.2) is 11.5 Å². The molecule has 0 aliphatic heterocycles. The summed E-state index contributed by atoms with van der Waals surface area (Å²) in [5.41, 5.74) is 5.23. The van der Waals surface area contributed by atoms with E-state index in [2.05, 4.69) is 36.1 Å². The summed E-state index contributed by atoms with van der Waals surface area (Å²) in [6.07, 6.45) is 3.23. The maximum atomic E-state index is 6.29. The van der Waals surface area contributed by atoms with Gasteiger partial charge in [-0.3, -0.25) is 0 Å². The molecular formula is C31H29Cl2N7O4. The maximum absolute atomic E-state index is 6.29. The third-order valence-corrected chi connectivity index (χ3v) is 6.61. The first-order valence-corrected chi connectivity index (χ1v) is 14.3. The van der Waals surface area contributed by atoms with Crippen molar-refractivity contribution in [3.63, 3.8) is 0 Å². The van der Waals surface area contributed by atoms with E-state index in [9.17, 15) is 0 Å². The standard InChI is InChI=1S/C31H29Cl2N7O4/c1-3-42-28-15-20(6-13-27(28)44-19-21-7-8-22(32)16-26(21)33)17-35-40-31-38-29(34-18-25-5-4-14-43-25)37-30(39-31)36-23-9-11-24(41-2)12-10-23/h4-17H,3,18-19H2,1-2H3,(H3,34,36,37,38,39,40)/b35-17+. The molecule has 0 atom stereocenters. The number of aromatic nitrogens is 3. The molecule has 44 heavy (non-hydrogen) atoms. The molecule has 0 saturated heterocycles. The zero-order valence-corrected chi connectivity index (χ0v) is 25.4. The molecule has 13 heteroatoms. The third-order valence-electron chi connectivity index (χ3n) is 6.03. The van der Waals surface area contributed by atoms with Crippen molar-refractivity contribution >= 4 is 52.9 Å². The zero-order valence-electron chi connectivity index (χ0n) is 23.9. The van der Waals surface area contributed by atoms with Crippen LogP contribution in [0.15, 0.2) is 88.6 Å². The molecule has 11 nitrogen and oxygen atoms in total. The van der Waals surface area contributed by atoms with Crippen molar-refractivity contribution in [2.75, 3.05) is 29.8 Å². The van der Waals surface area contributed by atoms with Crippen molar-refractivity contribution in [2.45, 2.75) is 20.1 Å². The van der Waals surface area contributed by atoms with E-state index in [0.717, 1.165) is 28.3 Å². The number of nitrogens with one attached hydrogen (secondary N) is 3. The summed E-state index contributed by atoms with van der Waals surface area (Å²) in [5.74, 6) is 3.47. The number of benzene rings is 3. The summed E-state index contributed by atoms with van der Waals surface area (Å²) in [5, 5.41) is 11.8. The van der Waals surface area contributed by atoms with Crippen molar-refractivity contribution in [3.8, 4) is 17.2 Å². The molecule has 0 fully saturated rings. The smallest absolute Gasteiger partial charge is 0.250 e. The van der Waals surface area contributed by atoms with Crippen LogP contribution in [0.4, 0.5) is 23.5 Å². The van der Waals surface area contributed by atoms with Crippen molar-refractivity contribution in [2.24, 2.45) is 5.10 Å². The number of rotatable bonds is 14. The van der Waals surface area contributed by atoms with Crippen LogP contribution in [0.3, 0.4) is 0 Å². The summed E-state index contributed by atoms with van der Waals surface area (Å²) < 4.78 is 22.4. The van der Waals surface area contributed by atoms with E-state index in [0.29, 0.717) is 46.6 Å². The average Bonchev–Trinajstić information content (AvgIpc) is 3.55. The summed E-state index contributed by atoms with van der Waals surface area (Å²) in [4.78, 5) is 13.4. The number of hydrogen-bond acceptors (Lipinski definition) is 11. The van der Waals surface area contributed by atoms with Gasteiger partial charge < -0.3 is 29.3 Å². The molecule has 5 aromatic rings. The lowest BCUT2D eigenvalue weighted by Crippen LogP contribution is -2.09. The first kappa shape index (κ1) is 30.5. The molecule has 0 aliphatic rings. The van der Waals surface area contributed by atoms with Crippen LogP contribution in [0.25, 0.3) is 0 Å². The van der Waals surface area contributed by atoms with Crippen molar-refractivity contribution in [1.29, 1.82) is 0 Å². The zero-order chi connectivity index (χ0) is 30.7. The highest BCUT2D eigenvalue weighted by Crippen LogP contribution is 2.30. The lowest BCUT2D eigenvalue weighted by atomic mass is 10.2. The van der Waals surface area contributed by atoms with Gasteiger partial charge in [0.1, 0.15) is 18.1 Å². The number of ether oxygens (including phenoxy) is 3. The Kier molecular flexibility index (Phi) is 10.3. The fourth-order valence-corrected chi connectivity index (χ4v) is 4.36. The molecule has 2 aromatic heterocycles. The minimum Gasteiger partial charge on any atom is -0.497 e. The summed E-state index contributed by atoms with van der Waals surface area (Å²) in [7, 11) is 1.61. The largest absolute Gasteiger partial charge is 0.497 e. The van der Waals surface area contributed by atoms with Crippen LogP contribution in [-0.2, 0) is 13.2 Å². The predicted molar refractivity (Wildman–Crippen MR) is 172 cm³/mol. The van der Waals surface area contributed by atoms with Crippen LogP contribution in [0.1, 0.15) is 23.8 Å². The van der Waals surface area contributed by atoms with Crippen LogP contribution < -0.4 is 30.3 Å². The number of anilines is 4. The molecule has 2 heterocycles. The normalized spacial score (nSPS) is 10.9. The van der Waals surface area contributed by atoms with E-state index in [4.69, 9.17) is 41.8 Å². The number of halogens is 2. The van der Waals surface area contributed by atoms with Crippen LogP contribution in [0.2, 0.25) is 10.0 Å². The van der Waals surface area contributed by atoms with Gasteiger partial charge in [0, 0.05) is 21.3 Å². The number of hydrazone groups is 1. The summed E-state index contributed by atoms with van der Waals surface area (Å²) >= 11 is 12.3. The molecule has 0 amide bonds. The molecule has 0 bridgehead atoms. The van der Waals surface area contributed by atoms with Crippen LogP contribution in [0, 0.1) is 0 Å². The topological polar surface area (TPSA) is 128 Å². The minimum atomic E-state index is 0.221. The fourth-order valence-electron chi connectivity index (χ4n) is 3.89. The highest BCUT2D eigenvalue weighted by Gasteiger charge is 2.10. The first-order valence-electron chi connectivity index (χ1n) is 13.5. The van der Waals surface area contributed by atoms with E-state index in [1.807, 2.05) is 67.6 Å². The number of hydrogen-bond donors (Lipinski definition) is 3. The van der Waals surface area contributed by atoms with Gasteiger partial charge >= 0.3 is 0 Å². The maximum Gasteiger partial charge on any atom is 0.250 e. The minimum absolute atomic E-state index is 0.221. The number of methoxy groups -OCH3 is 1. The Morgan fingerprint density at radius 3 is 2.45 bits per heavy atom. The third kappa shape index (κ3) is 8.52. The van der Waals surface area contributed by atoms with E-state index < -0.39 is 0 Å². The van der Waals surface area contributed by atoms with E-state index in [-0.39, 0.29) is 12.6 Å². The lowest BCUT2D eigenvalue weighted by Gasteiger charge is -2.13. The first-order chi connectivity index (χ1) is 21.5. The van der Waals surface area contributed by atoms with Gasteiger partial charge in [-0.1, -0.05) is 29.3 Å². The SMILES string of the molecule is CCOc1cc(/C=N/Nc2nc(NCc3ccco3)nc(Nc3ccc(OC)cc3)n2)ccc1OCc1ccc(Cl)cc1Cl. The fraction of sp³-hybridized carbons (Fsp3) is 0.161. The molecule has 3 N–H and O–H groups in total. The monoisotopic (exact) mass is 633 g/mol.